The Bertz CT molecular complexity index is 1220. The minimum Gasteiger partial charge on any atom is -0.293 e. The van der Waals surface area contributed by atoms with Gasteiger partial charge in [0.05, 0.1) is 11.4 Å². The van der Waals surface area contributed by atoms with Crippen LogP contribution in [0.3, 0.4) is 0 Å². The lowest BCUT2D eigenvalue weighted by Crippen LogP contribution is -2.25. The van der Waals surface area contributed by atoms with E-state index in [-0.39, 0.29) is 17.4 Å². The van der Waals surface area contributed by atoms with Crippen molar-refractivity contribution < 1.29 is 9.59 Å². The third-order valence-corrected chi connectivity index (χ3v) is 5.66. The Morgan fingerprint density at radius 2 is 1.68 bits per heavy atom. The number of benzene rings is 2. The Kier molecular flexibility index (Phi) is 5.99. The first-order valence-corrected chi connectivity index (χ1v) is 10.7. The van der Waals surface area contributed by atoms with Crippen LogP contribution in [0, 0.1) is 13.8 Å². The largest absolute Gasteiger partial charge is 0.293 e. The zero-order valence-corrected chi connectivity index (χ0v) is 18.0. The Morgan fingerprint density at radius 1 is 1.00 bits per heavy atom. The molecule has 0 saturated heterocycles. The van der Waals surface area contributed by atoms with Gasteiger partial charge in [0, 0.05) is 22.5 Å². The number of carbonyl (C=O) groups excluding carboxylic acids is 2. The minimum absolute atomic E-state index is 0.0469. The number of rotatable bonds is 7. The molecule has 1 amide bonds. The molecule has 1 N–H and O–H groups in total. The van der Waals surface area contributed by atoms with E-state index in [0.717, 1.165) is 11.4 Å². The lowest BCUT2D eigenvalue weighted by atomic mass is 10.2. The van der Waals surface area contributed by atoms with E-state index in [0.29, 0.717) is 22.0 Å². The number of Topliss-reactive ketones (excluding diaryl/α,β-unsaturated/α-hetero) is 1. The molecule has 0 aliphatic heterocycles. The fourth-order valence-corrected chi connectivity index (χ4v) is 3.88. The van der Waals surface area contributed by atoms with Crippen LogP contribution in [-0.4, -0.2) is 36.9 Å². The van der Waals surface area contributed by atoms with Gasteiger partial charge >= 0.3 is 0 Å². The van der Waals surface area contributed by atoms with Crippen LogP contribution in [0.2, 0.25) is 0 Å². The van der Waals surface area contributed by atoms with Gasteiger partial charge in [-0.25, -0.2) is 9.67 Å². The lowest BCUT2D eigenvalue weighted by Gasteiger charge is -2.11. The zero-order chi connectivity index (χ0) is 21.8. The molecule has 4 rings (SSSR count). The highest BCUT2D eigenvalue weighted by atomic mass is 32.2. The minimum atomic E-state index is -0.230. The molecule has 2 heterocycles. The van der Waals surface area contributed by atoms with Crippen LogP contribution in [0.15, 0.2) is 78.2 Å². The number of carbonyl (C=O) groups is 2. The third kappa shape index (κ3) is 4.59. The van der Waals surface area contributed by atoms with E-state index in [4.69, 9.17) is 0 Å². The summed E-state index contributed by atoms with van der Waals surface area (Å²) in [6.07, 6.45) is 1.63. The van der Waals surface area contributed by atoms with Gasteiger partial charge < -0.3 is 0 Å². The van der Waals surface area contributed by atoms with E-state index in [9.17, 15) is 9.59 Å². The SMILES string of the molecule is Cc1cc(C(=O)CSc2ncn(-c3ccccc3)n2)c(C)n1NC(=O)c1ccccc1. The van der Waals surface area contributed by atoms with Crippen LogP contribution in [0.4, 0.5) is 0 Å². The van der Waals surface area contributed by atoms with Crippen LogP contribution in [-0.2, 0) is 0 Å². The fraction of sp³-hybridized carbons (Fsp3) is 0.130. The average molecular weight is 432 g/mol. The molecule has 4 aromatic rings. The Morgan fingerprint density at radius 3 is 2.39 bits per heavy atom. The predicted octanol–water partition coefficient (Wildman–Crippen LogP) is 4.04. The van der Waals surface area contributed by atoms with Gasteiger partial charge in [0.15, 0.2) is 5.78 Å². The van der Waals surface area contributed by atoms with Crippen molar-refractivity contribution in [2.45, 2.75) is 19.0 Å². The number of nitrogens with zero attached hydrogens (tertiary/aromatic N) is 4. The van der Waals surface area contributed by atoms with Gasteiger partial charge in [0.2, 0.25) is 5.16 Å². The van der Waals surface area contributed by atoms with Crippen molar-refractivity contribution in [1.82, 2.24) is 19.4 Å². The molecule has 2 aromatic carbocycles. The summed E-state index contributed by atoms with van der Waals surface area (Å²) in [5.41, 5.74) is 6.36. The summed E-state index contributed by atoms with van der Waals surface area (Å²) in [5.74, 6) is -0.0729. The maximum absolute atomic E-state index is 12.8. The first kappa shape index (κ1) is 20.6. The molecule has 0 spiro atoms. The second-order valence-corrected chi connectivity index (χ2v) is 7.89. The molecule has 0 fully saturated rings. The molecule has 0 aliphatic carbocycles. The zero-order valence-electron chi connectivity index (χ0n) is 17.1. The predicted molar refractivity (Wildman–Crippen MR) is 120 cm³/mol. The molecule has 0 radical (unpaired) electrons. The van der Waals surface area contributed by atoms with Gasteiger partial charge in [-0.15, -0.1) is 5.10 Å². The first-order chi connectivity index (χ1) is 15.0. The molecule has 0 unspecified atom stereocenters. The van der Waals surface area contributed by atoms with Gasteiger partial charge in [-0.05, 0) is 44.2 Å². The van der Waals surface area contributed by atoms with E-state index in [1.807, 2.05) is 62.4 Å². The van der Waals surface area contributed by atoms with Crippen LogP contribution in [0.5, 0.6) is 0 Å². The number of ketones is 1. The van der Waals surface area contributed by atoms with Gasteiger partial charge in [0.1, 0.15) is 6.33 Å². The van der Waals surface area contributed by atoms with E-state index < -0.39 is 0 Å². The summed E-state index contributed by atoms with van der Waals surface area (Å²) in [5, 5.41) is 4.95. The highest BCUT2D eigenvalue weighted by molar-refractivity contribution is 7.99. The van der Waals surface area contributed by atoms with Crippen molar-refractivity contribution in [2.75, 3.05) is 11.2 Å². The van der Waals surface area contributed by atoms with Crippen molar-refractivity contribution >= 4 is 23.5 Å². The Balaban J connectivity index is 1.43. The normalized spacial score (nSPS) is 10.8. The number of nitrogens with one attached hydrogen (secondary N) is 1. The summed E-state index contributed by atoms with van der Waals surface area (Å²) in [6, 6.07) is 20.4. The number of hydrogen-bond donors (Lipinski definition) is 1. The molecule has 0 saturated carbocycles. The van der Waals surface area contributed by atoms with Crippen molar-refractivity contribution in [2.24, 2.45) is 0 Å². The van der Waals surface area contributed by atoms with E-state index in [1.54, 1.807) is 33.9 Å². The monoisotopic (exact) mass is 431 g/mol. The van der Waals surface area contributed by atoms with Gasteiger partial charge in [-0.2, -0.15) is 0 Å². The topological polar surface area (TPSA) is 81.8 Å². The van der Waals surface area contributed by atoms with Crippen LogP contribution >= 0.6 is 11.8 Å². The standard InChI is InChI=1S/C23H21N5O2S/c1-16-13-20(17(2)28(16)25-22(30)18-9-5-3-6-10-18)21(29)14-31-23-24-15-27(26-23)19-11-7-4-8-12-19/h3-13,15H,14H2,1-2H3,(H,25,30). The maximum Gasteiger partial charge on any atom is 0.270 e. The number of aromatic nitrogens is 4. The maximum atomic E-state index is 12.8. The molecule has 0 bridgehead atoms. The Hall–Kier alpha value is -3.65. The highest BCUT2D eigenvalue weighted by Crippen LogP contribution is 2.20. The van der Waals surface area contributed by atoms with E-state index in [1.165, 1.54) is 11.8 Å². The lowest BCUT2D eigenvalue weighted by molar-refractivity contribution is 0.0999. The second-order valence-electron chi connectivity index (χ2n) is 6.95. The molecule has 2 aromatic heterocycles. The molecule has 31 heavy (non-hydrogen) atoms. The van der Waals surface area contributed by atoms with Gasteiger partial charge in [-0.1, -0.05) is 48.2 Å². The number of thioether (sulfide) groups is 1. The molecule has 8 heteroatoms. The molecular weight excluding hydrogens is 410 g/mol. The molecule has 0 aliphatic rings. The number of amides is 1. The summed E-state index contributed by atoms with van der Waals surface area (Å²) < 4.78 is 3.33. The molecular formula is C23H21N5O2S. The van der Waals surface area contributed by atoms with Crippen molar-refractivity contribution in [1.29, 1.82) is 0 Å². The van der Waals surface area contributed by atoms with E-state index in [2.05, 4.69) is 15.5 Å². The summed E-state index contributed by atoms with van der Waals surface area (Å²) in [4.78, 5) is 29.6. The third-order valence-electron chi connectivity index (χ3n) is 4.80. The summed E-state index contributed by atoms with van der Waals surface area (Å²) in [6.45, 7) is 3.67. The van der Waals surface area contributed by atoms with Crippen molar-refractivity contribution in [3.63, 3.8) is 0 Å². The Labute approximate surface area is 184 Å². The number of hydrogen-bond acceptors (Lipinski definition) is 5. The number of para-hydroxylation sites is 1. The quantitative estimate of drug-likeness (QED) is 0.353. The molecule has 7 nitrogen and oxygen atoms in total. The molecule has 0 atom stereocenters. The van der Waals surface area contributed by atoms with Crippen molar-refractivity contribution in [3.8, 4) is 5.69 Å². The van der Waals surface area contributed by atoms with Crippen LogP contribution in [0.1, 0.15) is 32.1 Å². The summed E-state index contributed by atoms with van der Waals surface area (Å²) in [7, 11) is 0. The smallest absolute Gasteiger partial charge is 0.270 e. The molecule has 156 valence electrons. The van der Waals surface area contributed by atoms with Crippen LogP contribution in [0.25, 0.3) is 5.69 Å². The van der Waals surface area contributed by atoms with Crippen LogP contribution < -0.4 is 5.43 Å². The average Bonchev–Trinajstić information content (AvgIpc) is 3.39. The summed E-state index contributed by atoms with van der Waals surface area (Å²) >= 11 is 1.28. The van der Waals surface area contributed by atoms with E-state index >= 15 is 0 Å². The van der Waals surface area contributed by atoms with Gasteiger partial charge in [-0.3, -0.25) is 19.7 Å². The second kappa shape index (κ2) is 9.01. The van der Waals surface area contributed by atoms with Crippen molar-refractivity contribution in [3.05, 3.63) is 95.6 Å². The number of aryl methyl sites for hydroxylation is 1. The first-order valence-electron chi connectivity index (χ1n) is 9.71. The van der Waals surface area contributed by atoms with Gasteiger partial charge in [0.25, 0.3) is 5.91 Å². The fourth-order valence-electron chi connectivity index (χ4n) is 3.20. The highest BCUT2D eigenvalue weighted by Gasteiger charge is 2.18.